The van der Waals surface area contributed by atoms with Gasteiger partial charge >= 0.3 is 15.6 Å². The lowest BCUT2D eigenvalue weighted by atomic mass is 9.97. The van der Waals surface area contributed by atoms with Gasteiger partial charge in [0.1, 0.15) is 29.6 Å². The molecule has 3 aromatic carbocycles. The number of likely N-dealkylation sites (tertiary alicyclic amines) is 1. The monoisotopic (exact) mass is 849 g/mol. The summed E-state index contributed by atoms with van der Waals surface area (Å²) in [5.41, 5.74) is -4.29. The Morgan fingerprint density at radius 2 is 1.34 bits per heavy atom. The van der Waals surface area contributed by atoms with Crippen LogP contribution in [0.5, 0.6) is 23.0 Å². The number of alkyl halides is 3. The van der Waals surface area contributed by atoms with Gasteiger partial charge in [-0.25, -0.2) is 0 Å². The third kappa shape index (κ3) is 9.83. The van der Waals surface area contributed by atoms with Gasteiger partial charge in [0, 0.05) is 32.6 Å². The van der Waals surface area contributed by atoms with Crippen molar-refractivity contribution in [2.45, 2.75) is 103 Å². The van der Waals surface area contributed by atoms with Gasteiger partial charge in [-0.2, -0.15) is 21.6 Å². The van der Waals surface area contributed by atoms with Crippen molar-refractivity contribution in [1.29, 1.82) is 0 Å². The molecule has 1 aromatic heterocycles. The predicted molar refractivity (Wildman–Crippen MR) is 224 cm³/mol. The third-order valence-electron chi connectivity index (χ3n) is 11.2. The Morgan fingerprint density at radius 1 is 0.768 bits per heavy atom. The second-order valence-electron chi connectivity index (χ2n) is 17.4. The Balaban J connectivity index is 1.60. The van der Waals surface area contributed by atoms with Crippen LogP contribution >= 0.6 is 11.3 Å². The molecule has 0 N–H and O–H groups in total. The van der Waals surface area contributed by atoms with Gasteiger partial charge < -0.3 is 17.8 Å². The van der Waals surface area contributed by atoms with Crippen molar-refractivity contribution in [2.75, 3.05) is 26.2 Å². The van der Waals surface area contributed by atoms with Gasteiger partial charge in [0.25, 0.3) is 16.6 Å². The van der Waals surface area contributed by atoms with Crippen LogP contribution in [-0.4, -0.2) is 67.5 Å². The fourth-order valence-corrected chi connectivity index (χ4v) is 9.44. The van der Waals surface area contributed by atoms with E-state index in [0.717, 1.165) is 37.0 Å². The number of rotatable bonds is 13. The van der Waals surface area contributed by atoms with Crippen molar-refractivity contribution in [2.24, 2.45) is 0 Å². The number of hydrogen-bond donors (Lipinski definition) is 0. The summed E-state index contributed by atoms with van der Waals surface area (Å²) in [5, 5.41) is 0.187. The first-order valence-electron chi connectivity index (χ1n) is 18.9. The van der Waals surface area contributed by atoms with E-state index in [4.69, 9.17) is 13.6 Å². The van der Waals surface area contributed by atoms with Crippen LogP contribution < -0.4 is 17.8 Å². The molecule has 0 spiro atoms. The van der Waals surface area contributed by atoms with Crippen LogP contribution in [0.4, 0.5) is 13.2 Å². The molecular formula is C41H54F3NO7S2Si2. The summed E-state index contributed by atoms with van der Waals surface area (Å²) in [6.45, 7) is 25.0. The van der Waals surface area contributed by atoms with Gasteiger partial charge in [0.15, 0.2) is 5.78 Å². The van der Waals surface area contributed by atoms with Crippen molar-refractivity contribution in [3.8, 4) is 33.4 Å². The first kappa shape index (κ1) is 43.7. The van der Waals surface area contributed by atoms with Crippen LogP contribution in [0.3, 0.4) is 0 Å². The summed E-state index contributed by atoms with van der Waals surface area (Å²) >= 11 is 1.15. The normalized spacial score (nSPS) is 15.2. The molecule has 0 unspecified atom stereocenters. The highest BCUT2D eigenvalue weighted by atomic mass is 32.2. The van der Waals surface area contributed by atoms with Gasteiger partial charge in [0.05, 0.1) is 0 Å². The Bertz CT molecular complexity index is 2150. The van der Waals surface area contributed by atoms with Crippen molar-refractivity contribution in [1.82, 2.24) is 4.90 Å². The summed E-state index contributed by atoms with van der Waals surface area (Å²) in [4.78, 5) is 17.5. The van der Waals surface area contributed by atoms with Crippen molar-refractivity contribution >= 4 is 54.0 Å². The zero-order chi connectivity index (χ0) is 41.5. The summed E-state index contributed by atoms with van der Waals surface area (Å²) < 4.78 is 88.1. The molecule has 1 aliphatic heterocycles. The van der Waals surface area contributed by atoms with E-state index in [1.165, 1.54) is 31.4 Å². The van der Waals surface area contributed by atoms with E-state index in [9.17, 15) is 26.4 Å². The molecule has 0 amide bonds. The average Bonchev–Trinajstić information content (AvgIpc) is 3.46. The molecule has 8 nitrogen and oxygen atoms in total. The number of piperidine rings is 1. The van der Waals surface area contributed by atoms with Crippen molar-refractivity contribution in [3.05, 3.63) is 71.8 Å². The number of nitrogens with zero attached hydrogens (tertiary/aromatic N) is 1. The number of carbonyl (C=O) groups excluding carboxylic acids is 1. The highest BCUT2D eigenvalue weighted by Crippen LogP contribution is 2.48. The number of halogens is 3. The molecule has 0 aliphatic carbocycles. The fourth-order valence-electron chi connectivity index (χ4n) is 5.72. The molecule has 0 bridgehead atoms. The minimum atomic E-state index is -5.92. The third-order valence-corrected chi connectivity index (χ3v) is 22.0. The largest absolute Gasteiger partial charge is 0.541 e. The maximum atomic E-state index is 14.5. The minimum absolute atomic E-state index is 0.0990. The molecule has 1 aliphatic rings. The number of hydrogen-bond acceptors (Lipinski definition) is 9. The zero-order valence-corrected chi connectivity index (χ0v) is 37.6. The van der Waals surface area contributed by atoms with Crippen LogP contribution in [0.15, 0.2) is 60.7 Å². The Labute approximate surface area is 335 Å². The van der Waals surface area contributed by atoms with Crippen LogP contribution in [0.2, 0.25) is 36.3 Å². The lowest BCUT2D eigenvalue weighted by molar-refractivity contribution is -0.0500. The van der Waals surface area contributed by atoms with E-state index in [1.54, 1.807) is 24.3 Å². The van der Waals surface area contributed by atoms with Crippen molar-refractivity contribution < 1.29 is 44.2 Å². The highest BCUT2D eigenvalue weighted by Gasteiger charge is 2.48. The molecule has 56 heavy (non-hydrogen) atoms. The number of ketones is 1. The lowest BCUT2D eigenvalue weighted by Gasteiger charge is -2.39. The molecule has 4 aromatic rings. The lowest BCUT2D eigenvalue weighted by Crippen LogP contribution is -2.45. The van der Waals surface area contributed by atoms with Crippen LogP contribution in [0.1, 0.15) is 76.7 Å². The summed E-state index contributed by atoms with van der Waals surface area (Å²) in [6, 6.07) is 16.2. The fraction of sp³-hybridized carbons (Fsp3) is 0.488. The maximum Gasteiger partial charge on any atom is 0.534 e. The van der Waals surface area contributed by atoms with Gasteiger partial charge in [-0.1, -0.05) is 48.0 Å². The number of ether oxygens (including phenoxy) is 1. The number of carbonyl (C=O) groups is 1. The summed E-state index contributed by atoms with van der Waals surface area (Å²) in [6.07, 6.45) is 3.64. The zero-order valence-electron chi connectivity index (χ0n) is 34.0. The Hall–Kier alpha value is -3.38. The van der Waals surface area contributed by atoms with Crippen LogP contribution in [-0.2, 0) is 10.1 Å². The van der Waals surface area contributed by atoms with Crippen molar-refractivity contribution in [3.63, 3.8) is 0 Å². The van der Waals surface area contributed by atoms with E-state index in [0.29, 0.717) is 55.5 Å². The summed E-state index contributed by atoms with van der Waals surface area (Å²) in [5.74, 6) is 0.930. The Morgan fingerprint density at radius 3 is 1.91 bits per heavy atom. The average molecular weight is 850 g/mol. The quantitative estimate of drug-likeness (QED) is 0.0568. The molecule has 1 saturated heterocycles. The summed E-state index contributed by atoms with van der Waals surface area (Å²) in [7, 11) is -10.7. The molecule has 2 heterocycles. The van der Waals surface area contributed by atoms with E-state index in [2.05, 4.69) is 76.8 Å². The van der Waals surface area contributed by atoms with Gasteiger partial charge in [-0.15, -0.1) is 11.3 Å². The second kappa shape index (κ2) is 16.1. The van der Waals surface area contributed by atoms with E-state index >= 15 is 0 Å². The standard InChI is InChI=1S/C41H54F3NO7S2Si2/c1-39(2,3)55(7,8)51-33-21-16-29(26-34(33)52-56(9,10)40(4,5)6)38-36(32-20-19-31(27-35(32)53-38)50-54(47,48)41(42,43)44)37(46)28-14-17-30(18-15-28)49-25-24-45-22-12-11-13-23-45/h14-21,26-27H,11-13,22-25H2,1-10H3. The van der Waals surface area contributed by atoms with Crippen LogP contribution in [0, 0.1) is 0 Å². The number of thiophene rings is 1. The molecular weight excluding hydrogens is 796 g/mol. The first-order valence-corrected chi connectivity index (χ1v) is 26.9. The molecule has 0 radical (unpaired) electrons. The molecule has 0 atom stereocenters. The van der Waals surface area contributed by atoms with Gasteiger partial charge in [-0.3, -0.25) is 9.69 Å². The molecule has 15 heteroatoms. The number of benzene rings is 3. The minimum Gasteiger partial charge on any atom is -0.541 e. The molecule has 306 valence electrons. The SMILES string of the molecule is CC(C)(C)[Si](C)(C)Oc1ccc(-c2sc3cc(OS(=O)(=O)C(F)(F)F)ccc3c2C(=O)c2ccc(OCCN3CCCCC3)cc2)cc1O[Si](C)(C)C(C)(C)C. The van der Waals surface area contributed by atoms with E-state index in [1.807, 2.05) is 18.2 Å². The van der Waals surface area contributed by atoms with E-state index < -0.39 is 38.0 Å². The van der Waals surface area contributed by atoms with Gasteiger partial charge in [-0.05, 0) is 128 Å². The highest BCUT2D eigenvalue weighted by molar-refractivity contribution is 7.88. The smallest absolute Gasteiger partial charge is 0.534 e. The second-order valence-corrected chi connectivity index (χ2v) is 29.5. The maximum absolute atomic E-state index is 14.5. The van der Waals surface area contributed by atoms with Crippen LogP contribution in [0.25, 0.3) is 20.5 Å². The Kier molecular flexibility index (Phi) is 12.6. The predicted octanol–water partition coefficient (Wildman–Crippen LogP) is 11.7. The number of fused-ring (bicyclic) bond motifs is 1. The molecule has 5 rings (SSSR count). The molecule has 1 fully saturated rings. The van der Waals surface area contributed by atoms with E-state index in [-0.39, 0.29) is 15.9 Å². The van der Waals surface area contributed by atoms with Gasteiger partial charge in [0.2, 0.25) is 0 Å². The first-order chi connectivity index (χ1) is 25.8. The topological polar surface area (TPSA) is 91.4 Å². The molecule has 0 saturated carbocycles.